The molecule has 136 valence electrons. The zero-order chi connectivity index (χ0) is 18.3. The number of nitrogens with zero attached hydrogens (tertiary/aromatic N) is 2. The van der Waals surface area contributed by atoms with Crippen molar-refractivity contribution >= 4 is 11.7 Å². The molecule has 1 aromatic rings. The molecule has 0 saturated heterocycles. The summed E-state index contributed by atoms with van der Waals surface area (Å²) in [6.45, 7) is 9.31. The number of halogens is 2. The minimum absolute atomic E-state index is 0.0185. The lowest BCUT2D eigenvalue weighted by molar-refractivity contribution is -0.117. The molecule has 24 heavy (non-hydrogen) atoms. The Bertz CT molecular complexity index is 610. The first-order chi connectivity index (χ1) is 10.9. The summed E-state index contributed by atoms with van der Waals surface area (Å²) < 4.78 is 28.3. The Morgan fingerprint density at radius 1 is 1.46 bits per heavy atom. The van der Waals surface area contributed by atoms with Gasteiger partial charge in [0.25, 0.3) is 0 Å². The van der Waals surface area contributed by atoms with Crippen LogP contribution in [0.4, 0.5) is 14.6 Å². The van der Waals surface area contributed by atoms with Crippen molar-refractivity contribution in [2.75, 3.05) is 5.32 Å². The van der Waals surface area contributed by atoms with Gasteiger partial charge >= 0.3 is 0 Å². The van der Waals surface area contributed by atoms with Crippen LogP contribution in [0, 0.1) is 0 Å². The van der Waals surface area contributed by atoms with Crippen LogP contribution < -0.4 is 5.32 Å². The minimum atomic E-state index is -2.61. The molecule has 0 aromatic carbocycles. The van der Waals surface area contributed by atoms with Crippen LogP contribution in [0.5, 0.6) is 0 Å². The van der Waals surface area contributed by atoms with E-state index in [2.05, 4.69) is 10.4 Å². The molecule has 2 rings (SSSR count). The summed E-state index contributed by atoms with van der Waals surface area (Å²) in [5.74, 6) is -2.64. The lowest BCUT2D eigenvalue weighted by Gasteiger charge is -2.34. The molecule has 1 atom stereocenters. The summed E-state index contributed by atoms with van der Waals surface area (Å²) in [5, 5.41) is 16.8. The average molecular weight is 343 g/mol. The predicted molar refractivity (Wildman–Crippen MR) is 88.5 cm³/mol. The number of hydrogen-bond acceptors (Lipinski definition) is 3. The fraction of sp³-hybridized carbons (Fsp3) is 0.765. The maximum Gasteiger partial charge on any atom is 0.249 e. The topological polar surface area (TPSA) is 67.2 Å². The number of carbonyl (C=O) groups excluding carboxylic acids is 1. The maximum atomic E-state index is 13.3. The molecular formula is C17H27F2N3O2. The third-order valence-electron chi connectivity index (χ3n) is 4.22. The summed E-state index contributed by atoms with van der Waals surface area (Å²) in [7, 11) is 0. The molecule has 2 N–H and O–H groups in total. The summed E-state index contributed by atoms with van der Waals surface area (Å²) in [6.07, 6.45) is -0.553. The first-order valence-corrected chi connectivity index (χ1v) is 8.42. The normalized spacial score (nSPS) is 19.0. The fourth-order valence-electron chi connectivity index (χ4n) is 3.06. The van der Waals surface area contributed by atoms with Gasteiger partial charge in [-0.15, -0.1) is 0 Å². The zero-order valence-electron chi connectivity index (χ0n) is 15.0. The molecular weight excluding hydrogens is 316 g/mol. The van der Waals surface area contributed by atoms with Crippen LogP contribution in [0.25, 0.3) is 0 Å². The molecule has 1 heterocycles. The van der Waals surface area contributed by atoms with E-state index >= 15 is 0 Å². The van der Waals surface area contributed by atoms with Crippen molar-refractivity contribution in [3.63, 3.8) is 0 Å². The molecule has 0 spiro atoms. The zero-order valence-corrected chi connectivity index (χ0v) is 15.0. The number of rotatable bonds is 5. The van der Waals surface area contributed by atoms with Gasteiger partial charge < -0.3 is 10.4 Å². The number of aliphatic hydroxyl groups excluding tert-OH is 1. The highest BCUT2D eigenvalue weighted by Gasteiger charge is 2.48. The molecule has 0 aliphatic heterocycles. The van der Waals surface area contributed by atoms with Crippen molar-refractivity contribution in [1.82, 2.24) is 9.78 Å². The second kappa shape index (κ2) is 6.43. The van der Waals surface area contributed by atoms with Crippen LogP contribution in [-0.2, 0) is 16.8 Å². The molecule has 7 heteroatoms. The van der Waals surface area contributed by atoms with E-state index in [1.54, 1.807) is 11.6 Å². The molecule has 1 aromatic heterocycles. The fourth-order valence-corrected chi connectivity index (χ4v) is 3.06. The van der Waals surface area contributed by atoms with Crippen LogP contribution in [-0.4, -0.2) is 32.8 Å². The highest BCUT2D eigenvalue weighted by atomic mass is 19.3. The van der Waals surface area contributed by atoms with E-state index in [1.807, 2.05) is 27.7 Å². The second-order valence-corrected chi connectivity index (χ2v) is 7.71. The molecule has 1 amide bonds. The van der Waals surface area contributed by atoms with E-state index < -0.39 is 17.6 Å². The van der Waals surface area contributed by atoms with Gasteiger partial charge in [0.05, 0.1) is 23.8 Å². The van der Waals surface area contributed by atoms with Crippen LogP contribution in [0.1, 0.15) is 71.1 Å². The number of carbonyl (C=O) groups is 1. The van der Waals surface area contributed by atoms with Crippen LogP contribution in [0.3, 0.4) is 0 Å². The number of aromatic nitrogens is 2. The molecule has 0 bridgehead atoms. The van der Waals surface area contributed by atoms with Crippen LogP contribution in [0.15, 0.2) is 0 Å². The van der Waals surface area contributed by atoms with Crippen molar-refractivity contribution in [3.05, 3.63) is 11.3 Å². The van der Waals surface area contributed by atoms with E-state index in [0.717, 1.165) is 5.56 Å². The van der Waals surface area contributed by atoms with Gasteiger partial charge in [0.1, 0.15) is 5.82 Å². The Kier molecular flexibility index (Phi) is 5.04. The smallest absolute Gasteiger partial charge is 0.249 e. The van der Waals surface area contributed by atoms with Gasteiger partial charge in [0, 0.05) is 24.3 Å². The van der Waals surface area contributed by atoms with E-state index in [1.165, 1.54) is 0 Å². The predicted octanol–water partition coefficient (Wildman–Crippen LogP) is 3.42. The van der Waals surface area contributed by atoms with Gasteiger partial charge in [-0.3, -0.25) is 4.79 Å². The highest BCUT2D eigenvalue weighted by molar-refractivity contribution is 5.91. The third kappa shape index (κ3) is 3.94. The van der Waals surface area contributed by atoms with Crippen molar-refractivity contribution in [1.29, 1.82) is 0 Å². The molecule has 5 nitrogen and oxygen atoms in total. The molecule has 1 saturated carbocycles. The summed E-state index contributed by atoms with van der Waals surface area (Å²) in [6, 6.07) is 0. The van der Waals surface area contributed by atoms with Crippen molar-refractivity contribution in [2.24, 2.45) is 0 Å². The number of nitrogens with one attached hydrogen (secondary N) is 1. The Hall–Kier alpha value is -1.50. The Morgan fingerprint density at radius 3 is 2.46 bits per heavy atom. The first kappa shape index (κ1) is 18.8. The van der Waals surface area contributed by atoms with E-state index in [9.17, 15) is 18.7 Å². The molecule has 1 aliphatic carbocycles. The van der Waals surface area contributed by atoms with Gasteiger partial charge in [-0.05, 0) is 34.1 Å². The second-order valence-electron chi connectivity index (χ2n) is 7.71. The molecule has 0 radical (unpaired) electrons. The number of hydrogen-bond donors (Lipinski definition) is 2. The largest absolute Gasteiger partial charge is 0.393 e. The Labute approximate surface area is 141 Å². The lowest BCUT2D eigenvalue weighted by Crippen LogP contribution is -2.34. The average Bonchev–Trinajstić information content (AvgIpc) is 2.72. The van der Waals surface area contributed by atoms with Gasteiger partial charge in [-0.2, -0.15) is 5.10 Å². The van der Waals surface area contributed by atoms with Crippen molar-refractivity contribution in [2.45, 2.75) is 83.8 Å². The highest BCUT2D eigenvalue weighted by Crippen LogP contribution is 2.49. The number of amides is 1. The molecule has 1 unspecified atom stereocenters. The van der Waals surface area contributed by atoms with Crippen molar-refractivity contribution in [3.8, 4) is 0 Å². The van der Waals surface area contributed by atoms with Gasteiger partial charge in [0.2, 0.25) is 11.8 Å². The van der Waals surface area contributed by atoms with E-state index in [4.69, 9.17) is 0 Å². The van der Waals surface area contributed by atoms with Gasteiger partial charge in [-0.25, -0.2) is 13.5 Å². The van der Waals surface area contributed by atoms with Crippen LogP contribution >= 0.6 is 0 Å². The Balaban J connectivity index is 2.39. The standard InChI is InChI=1S/C17H27F2N3O2/c1-6-12-14(11-8-17(18,19)9-11)21-22(16(3,4)5)15(12)20-13(24)7-10(2)23/h10-11,23H,6-9H2,1-5H3,(H,20,24). The third-order valence-corrected chi connectivity index (χ3v) is 4.22. The Morgan fingerprint density at radius 2 is 2.04 bits per heavy atom. The van der Waals surface area contributed by atoms with Gasteiger partial charge in [-0.1, -0.05) is 6.92 Å². The number of anilines is 1. The summed E-state index contributed by atoms with van der Waals surface area (Å²) in [5.41, 5.74) is 1.07. The van der Waals surface area contributed by atoms with Gasteiger partial charge in [0.15, 0.2) is 0 Å². The lowest BCUT2D eigenvalue weighted by atomic mass is 9.78. The van der Waals surface area contributed by atoms with Crippen molar-refractivity contribution < 1.29 is 18.7 Å². The van der Waals surface area contributed by atoms with Crippen LogP contribution in [0.2, 0.25) is 0 Å². The molecule has 1 aliphatic rings. The van der Waals surface area contributed by atoms with E-state index in [0.29, 0.717) is 17.9 Å². The number of alkyl halides is 2. The quantitative estimate of drug-likeness (QED) is 0.861. The maximum absolute atomic E-state index is 13.3. The summed E-state index contributed by atoms with van der Waals surface area (Å²) >= 11 is 0. The molecule has 1 fully saturated rings. The monoisotopic (exact) mass is 343 g/mol. The van der Waals surface area contributed by atoms with E-state index in [-0.39, 0.29) is 31.1 Å². The number of aliphatic hydroxyl groups is 1. The first-order valence-electron chi connectivity index (χ1n) is 8.42. The minimum Gasteiger partial charge on any atom is -0.393 e. The summed E-state index contributed by atoms with van der Waals surface area (Å²) in [4.78, 5) is 12.1. The SMILES string of the molecule is CCc1c(C2CC(F)(F)C2)nn(C(C)(C)C)c1NC(=O)CC(C)O.